The molecule has 4 heteroatoms. The predicted octanol–water partition coefficient (Wildman–Crippen LogP) is 5.50. The lowest BCUT2D eigenvalue weighted by Gasteiger charge is -2.27. The highest BCUT2D eigenvalue weighted by Crippen LogP contribution is 2.27. The van der Waals surface area contributed by atoms with E-state index in [2.05, 4.69) is 23.7 Å². The first-order chi connectivity index (χ1) is 14.0. The number of carbonyl (C=O) groups is 1. The topological polar surface area (TPSA) is 51.1 Å². The van der Waals surface area contributed by atoms with Gasteiger partial charge in [0.25, 0.3) is 5.91 Å². The Hall–Kier alpha value is -2.36. The number of amides is 1. The normalized spacial score (nSPS) is 14.7. The van der Waals surface area contributed by atoms with E-state index in [1.165, 1.54) is 32.1 Å². The molecule has 4 nitrogen and oxygen atoms in total. The van der Waals surface area contributed by atoms with E-state index in [1.807, 2.05) is 31.2 Å². The van der Waals surface area contributed by atoms with Crippen LogP contribution in [0.3, 0.4) is 0 Å². The lowest BCUT2D eigenvalue weighted by atomic mass is 9.88. The van der Waals surface area contributed by atoms with E-state index in [0.29, 0.717) is 11.5 Å². The highest BCUT2D eigenvalue weighted by molar-refractivity contribution is 6.05. The quantitative estimate of drug-likeness (QED) is 0.674. The molecule has 0 atom stereocenters. The van der Waals surface area contributed by atoms with Crippen LogP contribution in [0.1, 0.15) is 79.7 Å². The fourth-order valence-corrected chi connectivity index (χ4v) is 4.54. The molecule has 1 aromatic heterocycles. The Labute approximate surface area is 174 Å². The number of para-hydroxylation sites is 1. The number of rotatable bonds is 7. The molecule has 0 aliphatic heterocycles. The third-order valence-corrected chi connectivity index (χ3v) is 6.14. The van der Waals surface area contributed by atoms with Crippen LogP contribution in [-0.2, 0) is 19.4 Å². The van der Waals surface area contributed by atoms with Crippen molar-refractivity contribution < 1.29 is 4.79 Å². The molecule has 0 unspecified atom stereocenters. The van der Waals surface area contributed by atoms with E-state index in [1.54, 1.807) is 6.07 Å². The van der Waals surface area contributed by atoms with Crippen LogP contribution < -0.4 is 10.7 Å². The van der Waals surface area contributed by atoms with Gasteiger partial charge in [-0.25, -0.2) is 0 Å². The summed E-state index contributed by atoms with van der Waals surface area (Å²) in [6.07, 6.45) is 8.84. The zero-order chi connectivity index (χ0) is 20.8. The lowest BCUT2D eigenvalue weighted by molar-refractivity contribution is 0.102. The van der Waals surface area contributed by atoms with Crippen molar-refractivity contribution in [2.45, 2.75) is 78.7 Å². The number of pyridine rings is 1. The zero-order valence-electron chi connectivity index (χ0n) is 18.1. The molecule has 3 rings (SSSR count). The molecule has 1 heterocycles. The smallest absolute Gasteiger partial charge is 0.261 e. The summed E-state index contributed by atoms with van der Waals surface area (Å²) >= 11 is 0. The highest BCUT2D eigenvalue weighted by Gasteiger charge is 2.23. The van der Waals surface area contributed by atoms with Crippen molar-refractivity contribution in [3.63, 3.8) is 0 Å². The summed E-state index contributed by atoms with van der Waals surface area (Å²) in [5, 5.41) is 2.98. The summed E-state index contributed by atoms with van der Waals surface area (Å²) in [5.41, 5.74) is 3.88. The van der Waals surface area contributed by atoms with Crippen LogP contribution in [0.25, 0.3) is 0 Å². The molecular formula is C25H34N2O2. The molecule has 1 aromatic carbocycles. The number of nitrogens with one attached hydrogen (secondary N) is 1. The second kappa shape index (κ2) is 9.91. The Morgan fingerprint density at radius 1 is 1.14 bits per heavy atom. The fourth-order valence-electron chi connectivity index (χ4n) is 4.54. The number of aryl methyl sites for hydroxylation is 2. The molecule has 1 aliphatic carbocycles. The van der Waals surface area contributed by atoms with Crippen molar-refractivity contribution in [3.05, 3.63) is 63.1 Å². The van der Waals surface area contributed by atoms with E-state index in [9.17, 15) is 9.59 Å². The molecule has 0 saturated heterocycles. The minimum atomic E-state index is -0.284. The molecule has 0 radical (unpaired) electrons. The highest BCUT2D eigenvalue weighted by atomic mass is 16.2. The van der Waals surface area contributed by atoms with Crippen molar-refractivity contribution in [1.82, 2.24) is 4.57 Å². The van der Waals surface area contributed by atoms with Crippen LogP contribution in [0.5, 0.6) is 0 Å². The monoisotopic (exact) mass is 394 g/mol. The summed E-state index contributed by atoms with van der Waals surface area (Å²) in [5.74, 6) is 0.354. The average Bonchev–Trinajstić information content (AvgIpc) is 2.72. The number of hydrogen-bond acceptors (Lipinski definition) is 2. The van der Waals surface area contributed by atoms with Gasteiger partial charge in [-0.3, -0.25) is 9.59 Å². The molecule has 1 N–H and O–H groups in total. The number of carbonyl (C=O) groups excluding carboxylic acids is 1. The number of hydrogen-bond donors (Lipinski definition) is 1. The van der Waals surface area contributed by atoms with Crippen molar-refractivity contribution >= 4 is 11.6 Å². The van der Waals surface area contributed by atoms with Gasteiger partial charge in [-0.15, -0.1) is 0 Å². The van der Waals surface area contributed by atoms with Crippen LogP contribution in [-0.4, -0.2) is 10.5 Å². The molecule has 0 spiro atoms. The Kier molecular flexibility index (Phi) is 7.29. The van der Waals surface area contributed by atoms with E-state index < -0.39 is 0 Å². The Morgan fingerprint density at radius 3 is 2.52 bits per heavy atom. The molecule has 156 valence electrons. The fraction of sp³-hybridized carbons (Fsp3) is 0.520. The third kappa shape index (κ3) is 4.98. The summed E-state index contributed by atoms with van der Waals surface area (Å²) < 4.78 is 2.30. The molecule has 1 fully saturated rings. The van der Waals surface area contributed by atoms with Gasteiger partial charge in [-0.1, -0.05) is 57.7 Å². The molecule has 0 bridgehead atoms. The van der Waals surface area contributed by atoms with Gasteiger partial charge in [0, 0.05) is 29.7 Å². The SMILES string of the molecule is CCCc1c(C(=O)Nc2ccccc2C)c(=O)cc(CC)n1CC1CCCCC1. The largest absolute Gasteiger partial charge is 0.347 e. The molecule has 29 heavy (non-hydrogen) atoms. The second-order valence-corrected chi connectivity index (χ2v) is 8.31. The standard InChI is InChI=1S/C25H34N2O2/c1-4-11-22-24(25(29)26-21-15-10-9-12-18(21)3)23(28)16-20(5-2)27(22)17-19-13-7-6-8-14-19/h9-10,12,15-16,19H,4-8,11,13-14,17H2,1-3H3,(H,26,29). The van der Waals surface area contributed by atoms with Crippen molar-refractivity contribution in [2.24, 2.45) is 5.92 Å². The van der Waals surface area contributed by atoms with Crippen LogP contribution >= 0.6 is 0 Å². The van der Waals surface area contributed by atoms with Gasteiger partial charge in [0.15, 0.2) is 5.43 Å². The second-order valence-electron chi connectivity index (χ2n) is 8.31. The summed E-state index contributed by atoms with van der Waals surface area (Å²) in [7, 11) is 0. The predicted molar refractivity (Wildman–Crippen MR) is 120 cm³/mol. The van der Waals surface area contributed by atoms with Crippen LogP contribution in [0.15, 0.2) is 35.1 Å². The van der Waals surface area contributed by atoms with E-state index in [0.717, 1.165) is 48.4 Å². The maximum atomic E-state index is 13.2. The van der Waals surface area contributed by atoms with Crippen molar-refractivity contribution in [2.75, 3.05) is 5.32 Å². The summed E-state index contributed by atoms with van der Waals surface area (Å²) in [4.78, 5) is 26.2. The lowest BCUT2D eigenvalue weighted by Crippen LogP contribution is -2.30. The summed E-state index contributed by atoms with van der Waals surface area (Å²) in [6.45, 7) is 7.08. The first-order valence-electron chi connectivity index (χ1n) is 11.2. The Morgan fingerprint density at radius 2 is 1.86 bits per heavy atom. The van der Waals surface area contributed by atoms with Crippen molar-refractivity contribution in [1.29, 1.82) is 0 Å². The third-order valence-electron chi connectivity index (χ3n) is 6.14. The van der Waals surface area contributed by atoms with Gasteiger partial charge in [-0.2, -0.15) is 0 Å². The molecule has 1 saturated carbocycles. The van der Waals surface area contributed by atoms with Gasteiger partial charge in [-0.05, 0) is 50.2 Å². The van der Waals surface area contributed by atoms with Gasteiger partial charge in [0.1, 0.15) is 5.56 Å². The van der Waals surface area contributed by atoms with Gasteiger partial charge in [0.2, 0.25) is 0 Å². The molecule has 1 aliphatic rings. The van der Waals surface area contributed by atoms with Crippen molar-refractivity contribution in [3.8, 4) is 0 Å². The maximum Gasteiger partial charge on any atom is 0.261 e. The maximum absolute atomic E-state index is 13.2. The Balaban J connectivity index is 2.02. The first kappa shape index (κ1) is 21.4. The zero-order valence-corrected chi connectivity index (χ0v) is 18.1. The van der Waals surface area contributed by atoms with Crippen LogP contribution in [0, 0.1) is 12.8 Å². The summed E-state index contributed by atoms with van der Waals surface area (Å²) in [6, 6.07) is 9.38. The van der Waals surface area contributed by atoms with Gasteiger partial charge >= 0.3 is 0 Å². The van der Waals surface area contributed by atoms with Gasteiger partial charge < -0.3 is 9.88 Å². The van der Waals surface area contributed by atoms with Crippen LogP contribution in [0.4, 0.5) is 5.69 Å². The molecule has 2 aromatic rings. The number of benzene rings is 1. The number of aromatic nitrogens is 1. The van der Waals surface area contributed by atoms with E-state index in [4.69, 9.17) is 0 Å². The molecule has 1 amide bonds. The molecular weight excluding hydrogens is 360 g/mol. The van der Waals surface area contributed by atoms with E-state index in [-0.39, 0.29) is 11.3 Å². The first-order valence-corrected chi connectivity index (χ1v) is 11.2. The minimum absolute atomic E-state index is 0.156. The number of nitrogens with zero attached hydrogens (tertiary/aromatic N) is 1. The van der Waals surface area contributed by atoms with E-state index >= 15 is 0 Å². The van der Waals surface area contributed by atoms with Gasteiger partial charge in [0.05, 0.1) is 0 Å². The average molecular weight is 395 g/mol. The van der Waals surface area contributed by atoms with Crippen LogP contribution in [0.2, 0.25) is 0 Å². The Bertz CT molecular complexity index is 908. The number of anilines is 1. The minimum Gasteiger partial charge on any atom is -0.347 e.